The van der Waals surface area contributed by atoms with Crippen molar-refractivity contribution in [1.29, 1.82) is 0 Å². The molecular weight excluding hydrogens is 366 g/mol. The first kappa shape index (κ1) is 19.5. The van der Waals surface area contributed by atoms with Gasteiger partial charge in [0.15, 0.2) is 0 Å². The largest absolute Gasteiger partial charge is 0.480 e. The Morgan fingerprint density at radius 3 is 2.74 bits per heavy atom. The summed E-state index contributed by atoms with van der Waals surface area (Å²) in [6, 6.07) is 8.67. The molecular formula is C19H25N3O4S. The van der Waals surface area contributed by atoms with Crippen molar-refractivity contribution in [2.75, 3.05) is 5.75 Å². The molecule has 2 saturated heterocycles. The SMILES string of the molecule is O=C(CCCC[C@@H]1SC[C@@H]2NC(=O)N[C@@H]21)N[C@@H](Cc1ccccc1)C(=O)O. The summed E-state index contributed by atoms with van der Waals surface area (Å²) in [4.78, 5) is 34.9. The molecule has 0 aromatic heterocycles. The molecule has 1 aromatic rings. The molecule has 0 radical (unpaired) electrons. The van der Waals surface area contributed by atoms with Crippen molar-refractivity contribution < 1.29 is 19.5 Å². The van der Waals surface area contributed by atoms with Gasteiger partial charge in [-0.2, -0.15) is 11.8 Å². The van der Waals surface area contributed by atoms with Crippen molar-refractivity contribution in [2.24, 2.45) is 0 Å². The lowest BCUT2D eigenvalue weighted by Crippen LogP contribution is -2.42. The average molecular weight is 391 g/mol. The van der Waals surface area contributed by atoms with Crippen molar-refractivity contribution in [1.82, 2.24) is 16.0 Å². The molecule has 0 spiro atoms. The Balaban J connectivity index is 1.37. The third kappa shape index (κ3) is 5.38. The van der Waals surface area contributed by atoms with Crippen LogP contribution in [0, 0.1) is 0 Å². The predicted octanol–water partition coefficient (Wildman–Crippen LogP) is 1.52. The van der Waals surface area contributed by atoms with Crippen molar-refractivity contribution in [3.63, 3.8) is 0 Å². The molecule has 3 rings (SSSR count). The molecule has 146 valence electrons. The molecule has 2 aliphatic rings. The number of amides is 3. The van der Waals surface area contributed by atoms with E-state index in [4.69, 9.17) is 0 Å². The van der Waals surface area contributed by atoms with Crippen LogP contribution in [-0.2, 0) is 16.0 Å². The summed E-state index contributed by atoms with van der Waals surface area (Å²) in [7, 11) is 0. The van der Waals surface area contributed by atoms with Gasteiger partial charge in [-0.15, -0.1) is 0 Å². The minimum atomic E-state index is -1.02. The van der Waals surface area contributed by atoms with Gasteiger partial charge in [0.05, 0.1) is 12.1 Å². The van der Waals surface area contributed by atoms with Crippen molar-refractivity contribution in [3.8, 4) is 0 Å². The zero-order valence-electron chi connectivity index (χ0n) is 15.0. The van der Waals surface area contributed by atoms with Gasteiger partial charge >= 0.3 is 12.0 Å². The number of thioether (sulfide) groups is 1. The Labute approximate surface area is 162 Å². The summed E-state index contributed by atoms with van der Waals surface area (Å²) in [5, 5.41) is 18.2. The standard InChI is InChI=1S/C19H25N3O4S/c23-16(20-13(18(24)25)10-12-6-2-1-3-7-12)9-5-4-8-15-17-14(11-27-15)21-19(26)22-17/h1-3,6-7,13-15,17H,4-5,8-11H2,(H,20,23)(H,24,25)(H2,21,22,26)/t13-,14-,15-,17-/m0/s1. The third-order valence-electron chi connectivity index (χ3n) is 5.00. The molecule has 0 unspecified atom stereocenters. The summed E-state index contributed by atoms with van der Waals surface area (Å²) < 4.78 is 0. The molecule has 2 fully saturated rings. The van der Waals surface area contributed by atoms with Gasteiger partial charge in [-0.1, -0.05) is 36.8 Å². The zero-order chi connectivity index (χ0) is 19.2. The molecule has 0 aliphatic carbocycles. The summed E-state index contributed by atoms with van der Waals surface area (Å²) in [5.74, 6) is -0.329. The number of benzene rings is 1. The first-order valence-electron chi connectivity index (χ1n) is 9.27. The average Bonchev–Trinajstić information content (AvgIpc) is 3.18. The van der Waals surface area contributed by atoms with Crippen LogP contribution in [0.3, 0.4) is 0 Å². The smallest absolute Gasteiger partial charge is 0.326 e. The van der Waals surface area contributed by atoms with Crippen LogP contribution in [0.25, 0.3) is 0 Å². The number of carboxylic acids is 1. The molecule has 0 bridgehead atoms. The van der Waals surface area contributed by atoms with Crippen molar-refractivity contribution >= 4 is 29.7 Å². The normalized spacial score (nSPS) is 24.6. The molecule has 7 nitrogen and oxygen atoms in total. The third-order valence-corrected chi connectivity index (χ3v) is 6.51. The van der Waals surface area contributed by atoms with Crippen molar-refractivity contribution in [2.45, 2.75) is 55.5 Å². The number of hydrogen-bond donors (Lipinski definition) is 4. The van der Waals surface area contributed by atoms with E-state index in [0.717, 1.165) is 24.2 Å². The van der Waals surface area contributed by atoms with E-state index >= 15 is 0 Å². The van der Waals surface area contributed by atoms with Crippen LogP contribution in [0.5, 0.6) is 0 Å². The lowest BCUT2D eigenvalue weighted by molar-refractivity contribution is -0.141. The Morgan fingerprint density at radius 2 is 2.00 bits per heavy atom. The maximum Gasteiger partial charge on any atom is 0.326 e. The summed E-state index contributed by atoms with van der Waals surface area (Å²) in [5.41, 5.74) is 0.880. The number of carbonyl (C=O) groups is 3. The van der Waals surface area contributed by atoms with Crippen LogP contribution in [0.4, 0.5) is 4.79 Å². The number of hydrogen-bond acceptors (Lipinski definition) is 4. The van der Waals surface area contributed by atoms with E-state index < -0.39 is 12.0 Å². The number of carbonyl (C=O) groups excluding carboxylic acids is 2. The highest BCUT2D eigenvalue weighted by molar-refractivity contribution is 8.00. The first-order valence-corrected chi connectivity index (χ1v) is 10.3. The van der Waals surface area contributed by atoms with E-state index in [0.29, 0.717) is 18.1 Å². The molecule has 8 heteroatoms. The maximum atomic E-state index is 12.1. The van der Waals surface area contributed by atoms with Crippen LogP contribution in [0.1, 0.15) is 31.2 Å². The van der Waals surface area contributed by atoms with E-state index in [1.807, 2.05) is 42.1 Å². The van der Waals surface area contributed by atoms with Crippen molar-refractivity contribution in [3.05, 3.63) is 35.9 Å². The molecule has 1 aromatic carbocycles. The highest BCUT2D eigenvalue weighted by Gasteiger charge is 2.42. The van der Waals surface area contributed by atoms with Crippen LogP contribution in [0.2, 0.25) is 0 Å². The first-order chi connectivity index (χ1) is 13.0. The lowest BCUT2D eigenvalue weighted by atomic mass is 10.0. The Kier molecular flexibility index (Phi) is 6.60. The highest BCUT2D eigenvalue weighted by Crippen LogP contribution is 2.33. The molecule has 3 amide bonds. The number of carboxylic acid groups (broad SMARTS) is 1. The minimum absolute atomic E-state index is 0.0900. The molecule has 2 heterocycles. The van der Waals surface area contributed by atoms with E-state index in [9.17, 15) is 19.5 Å². The second-order valence-electron chi connectivity index (χ2n) is 7.02. The second-order valence-corrected chi connectivity index (χ2v) is 8.29. The topological polar surface area (TPSA) is 108 Å². The number of nitrogens with one attached hydrogen (secondary N) is 3. The monoisotopic (exact) mass is 391 g/mol. The summed E-state index contributed by atoms with van der Waals surface area (Å²) in [6.07, 6.45) is 3.11. The number of urea groups is 1. The van der Waals surface area contributed by atoms with Gasteiger partial charge in [0.2, 0.25) is 5.91 Å². The predicted molar refractivity (Wildman–Crippen MR) is 104 cm³/mol. The molecule has 0 saturated carbocycles. The van der Waals surface area contributed by atoms with Gasteiger partial charge in [-0.25, -0.2) is 9.59 Å². The van der Waals surface area contributed by atoms with Crippen LogP contribution < -0.4 is 16.0 Å². The second kappa shape index (κ2) is 9.12. The van der Waals surface area contributed by atoms with E-state index in [1.54, 1.807) is 0 Å². The number of fused-ring (bicyclic) bond motifs is 1. The lowest BCUT2D eigenvalue weighted by Gasteiger charge is -2.17. The Hall–Kier alpha value is -2.22. The molecule has 4 atom stereocenters. The zero-order valence-corrected chi connectivity index (χ0v) is 15.8. The van der Waals surface area contributed by atoms with E-state index in [1.165, 1.54) is 0 Å². The number of rotatable bonds is 9. The quantitative estimate of drug-likeness (QED) is 0.377. The van der Waals surface area contributed by atoms with Gasteiger partial charge < -0.3 is 21.1 Å². The minimum Gasteiger partial charge on any atom is -0.480 e. The van der Waals surface area contributed by atoms with Gasteiger partial charge in [0, 0.05) is 23.8 Å². The van der Waals surface area contributed by atoms with Crippen LogP contribution in [-0.4, -0.2) is 52.1 Å². The summed E-state index contributed by atoms with van der Waals surface area (Å²) >= 11 is 1.86. The fourth-order valence-corrected chi connectivity index (χ4v) is 5.13. The Bertz CT molecular complexity index is 685. The molecule has 2 aliphatic heterocycles. The van der Waals surface area contributed by atoms with Gasteiger partial charge in [-0.3, -0.25) is 4.79 Å². The van der Waals surface area contributed by atoms with E-state index in [2.05, 4.69) is 16.0 Å². The van der Waals surface area contributed by atoms with Gasteiger partial charge in [0.1, 0.15) is 6.04 Å². The van der Waals surface area contributed by atoms with E-state index in [-0.39, 0.29) is 30.4 Å². The molecule has 27 heavy (non-hydrogen) atoms. The fraction of sp³-hybridized carbons (Fsp3) is 0.526. The van der Waals surface area contributed by atoms with Gasteiger partial charge in [0.25, 0.3) is 0 Å². The number of unbranched alkanes of at least 4 members (excludes halogenated alkanes) is 1. The summed E-state index contributed by atoms with van der Waals surface area (Å²) in [6.45, 7) is 0. The number of aliphatic carboxylic acids is 1. The van der Waals surface area contributed by atoms with Crippen LogP contribution >= 0.6 is 11.8 Å². The van der Waals surface area contributed by atoms with Crippen LogP contribution in [0.15, 0.2) is 30.3 Å². The highest BCUT2D eigenvalue weighted by atomic mass is 32.2. The fourth-order valence-electron chi connectivity index (χ4n) is 3.59. The van der Waals surface area contributed by atoms with Gasteiger partial charge in [-0.05, 0) is 18.4 Å². The maximum absolute atomic E-state index is 12.1. The Morgan fingerprint density at radius 1 is 1.22 bits per heavy atom. The molecule has 4 N–H and O–H groups in total.